The zero-order chi connectivity index (χ0) is 43.5. The molecule has 9 heterocycles. The van der Waals surface area contributed by atoms with Gasteiger partial charge in [0, 0.05) is 47.4 Å². The van der Waals surface area contributed by atoms with E-state index in [0.29, 0.717) is 46.6 Å². The van der Waals surface area contributed by atoms with Gasteiger partial charge >= 0.3 is 11.9 Å². The van der Waals surface area contributed by atoms with Crippen LogP contribution in [0, 0.1) is 23.7 Å². The van der Waals surface area contributed by atoms with E-state index >= 15 is 0 Å². The van der Waals surface area contributed by atoms with Gasteiger partial charge in [-0.2, -0.15) is 0 Å². The van der Waals surface area contributed by atoms with Gasteiger partial charge in [-0.3, -0.25) is 19.8 Å². The number of hydrogen-bond acceptors (Lipinski definition) is 11. The first kappa shape index (κ1) is 43.7. The summed E-state index contributed by atoms with van der Waals surface area (Å²) in [5.41, 5.74) is 3.54. The molecule has 4 bridgehead atoms. The molecule has 6 fully saturated rings. The van der Waals surface area contributed by atoms with Crippen molar-refractivity contribution in [2.45, 2.75) is 116 Å². The summed E-state index contributed by atoms with van der Waals surface area (Å²) < 4.78 is 25.7. The second-order valence-corrected chi connectivity index (χ2v) is 19.5. The molecule has 2 unspecified atom stereocenters. The SMILES string of the molecule is CCCCOc1ccc2nccc([C@H](OC(=O)c3ccc(C(=O)O[C@@H](c4ccnc5ccc(OCCCC)cc45)[C@@H]4C[C@@H]5CCN4C[C@@H]5CC)s3)[C@@H]3C[C@@H]4CCN3C[C@@H]4CC)c2c1. The molecule has 10 nitrogen and oxygen atoms in total. The van der Waals surface area contributed by atoms with Gasteiger partial charge in [0.05, 0.1) is 36.3 Å². The second-order valence-electron chi connectivity index (χ2n) is 18.4. The minimum atomic E-state index is -0.532. The van der Waals surface area contributed by atoms with Gasteiger partial charge in [0.15, 0.2) is 0 Å². The molecule has 6 aliphatic rings. The number of hydrogen-bond donors (Lipinski definition) is 0. The van der Waals surface area contributed by atoms with Gasteiger partial charge in [-0.1, -0.05) is 53.4 Å². The Kier molecular flexibility index (Phi) is 13.6. The van der Waals surface area contributed by atoms with Crippen molar-refractivity contribution in [3.05, 3.63) is 93.9 Å². The van der Waals surface area contributed by atoms with Crippen LogP contribution in [0.3, 0.4) is 0 Å². The third kappa shape index (κ3) is 9.20. The fourth-order valence-corrected chi connectivity index (χ4v) is 11.9. The Labute approximate surface area is 376 Å². The summed E-state index contributed by atoms with van der Waals surface area (Å²) in [6.45, 7) is 14.2. The molecule has 6 aliphatic heterocycles. The summed E-state index contributed by atoms with van der Waals surface area (Å²) in [4.78, 5) is 44.2. The van der Waals surface area contributed by atoms with Crippen LogP contribution in [-0.2, 0) is 9.47 Å². The number of carbonyl (C=O) groups is 2. The Bertz CT molecular complexity index is 2220. The lowest BCUT2D eigenvalue weighted by Crippen LogP contribution is -2.55. The number of ether oxygens (including phenoxy) is 4. The number of rotatable bonds is 18. The first-order chi connectivity index (χ1) is 30.8. The molecule has 0 radical (unpaired) electrons. The van der Waals surface area contributed by atoms with E-state index in [9.17, 15) is 9.59 Å². The van der Waals surface area contributed by atoms with Gasteiger partial charge in [-0.25, -0.2) is 9.59 Å². The number of aromatic nitrogens is 2. The Morgan fingerprint density at radius 3 is 1.51 bits per heavy atom. The fraction of sp³-hybridized carbons (Fsp3) is 0.538. The van der Waals surface area contributed by atoms with Crippen molar-refractivity contribution in [3.63, 3.8) is 0 Å². The summed E-state index contributed by atoms with van der Waals surface area (Å²) in [6.07, 6.45) is 13.2. The molecular weight excluding hydrogens is 809 g/mol. The highest BCUT2D eigenvalue weighted by Crippen LogP contribution is 2.47. The molecule has 11 rings (SSSR count). The van der Waals surface area contributed by atoms with Gasteiger partial charge in [0.25, 0.3) is 0 Å². The zero-order valence-corrected chi connectivity index (χ0v) is 38.3. The lowest BCUT2D eigenvalue weighted by molar-refractivity contribution is -0.0658. The minimum absolute atomic E-state index is 0.0248. The van der Waals surface area contributed by atoms with E-state index in [1.54, 1.807) is 12.1 Å². The van der Waals surface area contributed by atoms with Gasteiger partial charge < -0.3 is 18.9 Å². The summed E-state index contributed by atoms with van der Waals surface area (Å²) in [7, 11) is 0. The van der Waals surface area contributed by atoms with Crippen LogP contribution in [0.1, 0.15) is 135 Å². The normalized spacial score (nSPS) is 26.1. The average molecular weight is 873 g/mol. The number of benzene rings is 2. The van der Waals surface area contributed by atoms with Crippen molar-refractivity contribution < 1.29 is 28.5 Å². The van der Waals surface area contributed by atoms with E-state index in [0.717, 1.165) is 133 Å². The molecule has 6 saturated heterocycles. The van der Waals surface area contributed by atoms with E-state index in [4.69, 9.17) is 28.9 Å². The summed E-state index contributed by atoms with van der Waals surface area (Å²) in [5.74, 6) is 3.17. The van der Waals surface area contributed by atoms with Crippen molar-refractivity contribution in [2.24, 2.45) is 23.7 Å². The number of carbonyl (C=O) groups excluding carboxylic acids is 2. The second kappa shape index (κ2) is 19.7. The molecule has 63 heavy (non-hydrogen) atoms. The Morgan fingerprint density at radius 2 is 1.11 bits per heavy atom. The van der Waals surface area contributed by atoms with Gasteiger partial charge in [0.2, 0.25) is 0 Å². The van der Waals surface area contributed by atoms with E-state index in [1.807, 2.05) is 48.8 Å². The minimum Gasteiger partial charge on any atom is -0.494 e. The maximum Gasteiger partial charge on any atom is 0.348 e. The van der Waals surface area contributed by atoms with Crippen LogP contribution in [0.25, 0.3) is 21.8 Å². The highest BCUT2D eigenvalue weighted by molar-refractivity contribution is 7.15. The molecule has 11 heteroatoms. The van der Waals surface area contributed by atoms with Crippen LogP contribution < -0.4 is 9.47 Å². The maximum absolute atomic E-state index is 14.5. The number of nitrogens with zero attached hydrogens (tertiary/aromatic N) is 4. The number of thiophene rings is 1. The lowest BCUT2D eigenvalue weighted by Gasteiger charge is -2.51. The Morgan fingerprint density at radius 1 is 0.651 bits per heavy atom. The summed E-state index contributed by atoms with van der Waals surface area (Å²) in [6, 6.07) is 19.6. The standard InChI is InChI=1S/C52H64N4O6S/c1-5-9-25-59-37-11-13-43-41(29-37)39(17-21-53-43)49(45-27-35-19-23-55(45)31-33(35)7-3)61-51(57)47-15-16-48(63-47)52(58)62-50(46-28-36-20-24-56(46)32-34(36)8-4)40-18-22-54-44-14-12-38(30-42(40)44)60-26-10-6-2/h11-18,21-22,29-30,33-36,45-46,49-50H,5-10,19-20,23-28,31-32H2,1-4H3/t33-,34-,35-,36-,45-,46-,49-,50-/m0/s1. The number of pyridine rings is 2. The van der Waals surface area contributed by atoms with Crippen LogP contribution in [-0.4, -0.2) is 83.2 Å². The third-order valence-corrected chi connectivity index (χ3v) is 15.8. The predicted molar refractivity (Wildman–Crippen MR) is 249 cm³/mol. The first-order valence-electron chi connectivity index (χ1n) is 23.9. The third-order valence-electron chi connectivity index (χ3n) is 14.7. The van der Waals surface area contributed by atoms with Crippen molar-refractivity contribution >= 4 is 45.1 Å². The molecule has 0 spiro atoms. The first-order valence-corrected chi connectivity index (χ1v) is 24.7. The molecular formula is C52H64N4O6S. The molecule has 334 valence electrons. The van der Waals surface area contributed by atoms with Crippen LogP contribution in [0.5, 0.6) is 11.5 Å². The number of piperidine rings is 6. The molecule has 5 aromatic rings. The molecule has 0 aliphatic carbocycles. The summed E-state index contributed by atoms with van der Waals surface area (Å²) in [5, 5.41) is 1.86. The topological polar surface area (TPSA) is 103 Å². The number of fused-ring (bicyclic) bond motifs is 8. The monoisotopic (exact) mass is 872 g/mol. The molecule has 3 aromatic heterocycles. The number of unbranched alkanes of at least 4 members (excludes halogenated alkanes) is 2. The molecule has 0 saturated carbocycles. The van der Waals surface area contributed by atoms with Crippen LogP contribution in [0.15, 0.2) is 73.1 Å². The van der Waals surface area contributed by atoms with E-state index in [2.05, 4.69) is 49.6 Å². The van der Waals surface area contributed by atoms with Crippen LogP contribution >= 0.6 is 11.3 Å². The Hall–Kier alpha value is -4.58. The quantitative estimate of drug-likeness (QED) is 0.0624. The highest BCUT2D eigenvalue weighted by Gasteiger charge is 2.46. The summed E-state index contributed by atoms with van der Waals surface area (Å²) >= 11 is 1.15. The maximum atomic E-state index is 14.5. The fourth-order valence-electron chi connectivity index (χ4n) is 11.2. The van der Waals surface area contributed by atoms with Crippen molar-refractivity contribution in [2.75, 3.05) is 39.4 Å². The molecule has 2 aromatic carbocycles. The largest absolute Gasteiger partial charge is 0.494 e. The predicted octanol–water partition coefficient (Wildman–Crippen LogP) is 11.2. The van der Waals surface area contributed by atoms with Crippen LogP contribution in [0.2, 0.25) is 0 Å². The van der Waals surface area contributed by atoms with Gasteiger partial charge in [-0.05, 0) is 136 Å². The molecule has 0 N–H and O–H groups in total. The van der Waals surface area contributed by atoms with Crippen molar-refractivity contribution in [1.82, 2.24) is 19.8 Å². The highest BCUT2D eigenvalue weighted by atomic mass is 32.1. The zero-order valence-electron chi connectivity index (χ0n) is 37.5. The van der Waals surface area contributed by atoms with Crippen molar-refractivity contribution in [3.8, 4) is 11.5 Å². The van der Waals surface area contributed by atoms with E-state index in [-0.39, 0.29) is 12.1 Å². The number of esters is 2. The van der Waals surface area contributed by atoms with Crippen molar-refractivity contribution in [1.29, 1.82) is 0 Å². The molecule has 10 atom stereocenters. The lowest BCUT2D eigenvalue weighted by atomic mass is 9.72. The van der Waals surface area contributed by atoms with E-state index < -0.39 is 24.1 Å². The van der Waals surface area contributed by atoms with Gasteiger partial charge in [-0.15, -0.1) is 11.3 Å². The average Bonchev–Trinajstić information content (AvgIpc) is 3.84. The van der Waals surface area contributed by atoms with Gasteiger partial charge in [0.1, 0.15) is 33.5 Å². The smallest absolute Gasteiger partial charge is 0.348 e. The van der Waals surface area contributed by atoms with E-state index in [1.165, 1.54) is 12.8 Å². The molecule has 0 amide bonds. The Balaban J connectivity index is 1.00. The van der Waals surface area contributed by atoms with Crippen LogP contribution in [0.4, 0.5) is 0 Å².